The lowest BCUT2D eigenvalue weighted by Gasteiger charge is -2.32. The third-order valence-corrected chi connectivity index (χ3v) is 4.03. The zero-order valence-corrected chi connectivity index (χ0v) is 11.2. The van der Waals surface area contributed by atoms with Gasteiger partial charge in [0.25, 0.3) is 0 Å². The molecule has 18 heavy (non-hydrogen) atoms. The zero-order valence-electron chi connectivity index (χ0n) is 11.2. The quantitative estimate of drug-likeness (QED) is 0.872. The molecule has 1 heterocycles. The number of benzene rings is 1. The molecule has 1 aromatic heterocycles. The van der Waals surface area contributed by atoms with E-state index in [1.165, 1.54) is 0 Å². The second kappa shape index (κ2) is 4.75. The fourth-order valence-corrected chi connectivity index (χ4v) is 2.33. The molecule has 0 fully saturated rings. The fraction of sp³-hybridized carbons (Fsp3) is 0.467. The van der Waals surface area contributed by atoms with Crippen LogP contribution in [-0.4, -0.2) is 11.7 Å². The highest BCUT2D eigenvalue weighted by Crippen LogP contribution is 2.41. The van der Waals surface area contributed by atoms with Gasteiger partial charge in [0.2, 0.25) is 0 Å². The first-order valence-electron chi connectivity index (χ1n) is 6.39. The van der Waals surface area contributed by atoms with Gasteiger partial charge >= 0.3 is 0 Å². The van der Waals surface area contributed by atoms with Gasteiger partial charge in [-0.15, -0.1) is 0 Å². The predicted octanol–water partition coefficient (Wildman–Crippen LogP) is 3.15. The lowest BCUT2D eigenvalue weighted by atomic mass is 9.78. The highest BCUT2D eigenvalue weighted by molar-refractivity contribution is 5.82. The van der Waals surface area contributed by atoms with Gasteiger partial charge in [-0.25, -0.2) is 0 Å². The number of nitrogens with two attached hydrogens (primary N) is 1. The minimum atomic E-state index is -0.601. The zero-order chi connectivity index (χ0) is 13.3. The van der Waals surface area contributed by atoms with Crippen molar-refractivity contribution < 1.29 is 9.52 Å². The van der Waals surface area contributed by atoms with E-state index in [9.17, 15) is 5.11 Å². The average molecular weight is 247 g/mol. The van der Waals surface area contributed by atoms with Gasteiger partial charge in [-0.2, -0.15) is 0 Å². The highest BCUT2D eigenvalue weighted by atomic mass is 16.3. The molecule has 0 bridgehead atoms. The first-order chi connectivity index (χ1) is 8.53. The molecule has 0 amide bonds. The van der Waals surface area contributed by atoms with E-state index < -0.39 is 6.10 Å². The summed E-state index contributed by atoms with van der Waals surface area (Å²) in [6.07, 6.45) is 0.222. The van der Waals surface area contributed by atoms with Crippen molar-refractivity contribution in [1.82, 2.24) is 0 Å². The first-order valence-corrected chi connectivity index (χ1v) is 6.39. The van der Waals surface area contributed by atoms with Crippen molar-refractivity contribution in [2.24, 2.45) is 11.1 Å². The van der Waals surface area contributed by atoms with Gasteiger partial charge in [0.1, 0.15) is 11.3 Å². The first kappa shape index (κ1) is 13.1. The number of furan rings is 1. The molecule has 0 saturated heterocycles. The molecule has 1 aromatic carbocycles. The Labute approximate surface area is 108 Å². The second-order valence-electron chi connectivity index (χ2n) is 5.18. The maximum Gasteiger partial charge on any atom is 0.134 e. The van der Waals surface area contributed by atoms with Crippen molar-refractivity contribution in [2.75, 3.05) is 6.54 Å². The molecule has 0 aliphatic heterocycles. The summed E-state index contributed by atoms with van der Waals surface area (Å²) in [5, 5.41) is 11.6. The molecule has 3 N–H and O–H groups in total. The molecule has 0 saturated carbocycles. The molecular weight excluding hydrogens is 226 g/mol. The van der Waals surface area contributed by atoms with Crippen LogP contribution in [0.15, 0.2) is 28.7 Å². The number of fused-ring (bicyclic) bond motifs is 1. The van der Waals surface area contributed by atoms with Gasteiger partial charge < -0.3 is 15.3 Å². The van der Waals surface area contributed by atoms with Crippen molar-refractivity contribution in [2.45, 2.75) is 33.3 Å². The Morgan fingerprint density at radius 1 is 1.39 bits per heavy atom. The lowest BCUT2D eigenvalue weighted by Crippen LogP contribution is -2.33. The maximum atomic E-state index is 10.7. The van der Waals surface area contributed by atoms with Crippen LogP contribution >= 0.6 is 0 Å². The third kappa shape index (κ3) is 1.93. The lowest BCUT2D eigenvalue weighted by molar-refractivity contribution is 0.0390. The van der Waals surface area contributed by atoms with Crippen LogP contribution in [0.5, 0.6) is 0 Å². The molecule has 3 nitrogen and oxygen atoms in total. The molecule has 2 atom stereocenters. The van der Waals surface area contributed by atoms with Crippen LogP contribution in [0.4, 0.5) is 0 Å². The van der Waals surface area contributed by atoms with E-state index in [1.54, 1.807) is 0 Å². The number of hydrogen-bond acceptors (Lipinski definition) is 3. The monoisotopic (exact) mass is 247 g/mol. The summed E-state index contributed by atoms with van der Waals surface area (Å²) in [4.78, 5) is 0. The molecule has 98 valence electrons. The predicted molar refractivity (Wildman–Crippen MR) is 73.4 cm³/mol. The fourth-order valence-electron chi connectivity index (χ4n) is 2.33. The van der Waals surface area contributed by atoms with Crippen molar-refractivity contribution in [1.29, 1.82) is 0 Å². The molecular formula is C15H21NO2. The van der Waals surface area contributed by atoms with Gasteiger partial charge in [-0.05, 0) is 19.4 Å². The molecule has 0 aliphatic carbocycles. The molecule has 2 aromatic rings. The van der Waals surface area contributed by atoms with Gasteiger partial charge in [-0.3, -0.25) is 0 Å². The normalized spacial score (nSPS) is 16.7. The molecule has 2 rings (SSSR count). The third-order valence-electron chi connectivity index (χ3n) is 4.03. The Balaban J connectivity index is 2.57. The maximum absolute atomic E-state index is 10.7. The van der Waals surface area contributed by atoms with Crippen molar-refractivity contribution >= 4 is 11.0 Å². The molecule has 0 spiro atoms. The van der Waals surface area contributed by atoms with Crippen LogP contribution in [0, 0.1) is 12.3 Å². The largest absolute Gasteiger partial charge is 0.461 e. The van der Waals surface area contributed by atoms with Crippen LogP contribution in [0.25, 0.3) is 11.0 Å². The van der Waals surface area contributed by atoms with Crippen molar-refractivity contribution in [3.63, 3.8) is 0 Å². The molecule has 2 unspecified atom stereocenters. The second-order valence-corrected chi connectivity index (χ2v) is 5.18. The summed E-state index contributed by atoms with van der Waals surface area (Å²) in [5.41, 5.74) is 7.20. The summed E-state index contributed by atoms with van der Waals surface area (Å²) in [7, 11) is 0. The Morgan fingerprint density at radius 3 is 2.67 bits per heavy atom. The van der Waals surface area contributed by atoms with E-state index >= 15 is 0 Å². The minimum absolute atomic E-state index is 0.322. The van der Waals surface area contributed by atoms with Crippen LogP contribution in [0.2, 0.25) is 0 Å². The Hall–Kier alpha value is -1.32. The number of rotatable bonds is 4. The van der Waals surface area contributed by atoms with Gasteiger partial charge in [0, 0.05) is 22.9 Å². The Morgan fingerprint density at radius 2 is 2.06 bits per heavy atom. The summed E-state index contributed by atoms with van der Waals surface area (Å²) in [6, 6.07) is 7.80. The van der Waals surface area contributed by atoms with Crippen molar-refractivity contribution in [3.8, 4) is 0 Å². The number of aliphatic hydroxyl groups is 1. The van der Waals surface area contributed by atoms with Crippen LogP contribution < -0.4 is 5.73 Å². The number of aryl methyl sites for hydroxylation is 1. The average Bonchev–Trinajstić information content (AvgIpc) is 2.72. The van der Waals surface area contributed by atoms with Gasteiger partial charge in [0.15, 0.2) is 0 Å². The van der Waals surface area contributed by atoms with E-state index in [0.29, 0.717) is 6.54 Å². The number of aliphatic hydroxyl groups excluding tert-OH is 1. The topological polar surface area (TPSA) is 59.4 Å². The number of hydrogen-bond donors (Lipinski definition) is 2. The minimum Gasteiger partial charge on any atom is -0.461 e. The van der Waals surface area contributed by atoms with Crippen molar-refractivity contribution in [3.05, 3.63) is 35.6 Å². The summed E-state index contributed by atoms with van der Waals surface area (Å²) in [5.74, 6) is 0.775. The Kier molecular flexibility index (Phi) is 3.46. The van der Waals surface area contributed by atoms with E-state index in [2.05, 4.69) is 0 Å². The van der Waals surface area contributed by atoms with Crippen LogP contribution in [0.1, 0.15) is 37.7 Å². The molecule has 3 heteroatoms. The number of para-hydroxylation sites is 1. The van der Waals surface area contributed by atoms with Crippen LogP contribution in [-0.2, 0) is 0 Å². The SMILES string of the molecule is CCC(C)(CN)C(O)c1c(C)oc2ccccc12. The highest BCUT2D eigenvalue weighted by Gasteiger charge is 2.34. The van der Waals surface area contributed by atoms with E-state index in [1.807, 2.05) is 45.0 Å². The Bertz CT molecular complexity index is 540. The molecule has 0 aliphatic rings. The standard InChI is InChI=1S/C15H21NO2/c1-4-15(3,9-16)14(17)13-10(2)18-12-8-6-5-7-11(12)13/h5-8,14,17H,4,9,16H2,1-3H3. The smallest absolute Gasteiger partial charge is 0.134 e. The summed E-state index contributed by atoms with van der Waals surface area (Å²) < 4.78 is 5.70. The summed E-state index contributed by atoms with van der Waals surface area (Å²) in [6.45, 7) is 6.40. The summed E-state index contributed by atoms with van der Waals surface area (Å²) >= 11 is 0. The van der Waals surface area contributed by atoms with Crippen LogP contribution in [0.3, 0.4) is 0 Å². The van der Waals surface area contributed by atoms with E-state index in [-0.39, 0.29) is 5.41 Å². The van der Waals surface area contributed by atoms with E-state index in [4.69, 9.17) is 10.2 Å². The van der Waals surface area contributed by atoms with Gasteiger partial charge in [-0.1, -0.05) is 32.0 Å². The van der Waals surface area contributed by atoms with E-state index in [0.717, 1.165) is 28.7 Å². The van der Waals surface area contributed by atoms with Gasteiger partial charge in [0.05, 0.1) is 6.10 Å². The molecule has 0 radical (unpaired) electrons.